The van der Waals surface area contributed by atoms with Crippen molar-refractivity contribution in [2.45, 2.75) is 13.8 Å². The van der Waals surface area contributed by atoms with E-state index in [0.717, 1.165) is 13.1 Å². The Balaban J connectivity index is 2.75. The van der Waals surface area contributed by atoms with Gasteiger partial charge >= 0.3 is 0 Å². The summed E-state index contributed by atoms with van der Waals surface area (Å²) < 4.78 is 1.22. The molecule has 0 saturated carbocycles. The van der Waals surface area contributed by atoms with E-state index in [1.54, 1.807) is 13.2 Å². The lowest BCUT2D eigenvalue weighted by Crippen LogP contribution is -2.34. The van der Waals surface area contributed by atoms with E-state index < -0.39 is 0 Å². The highest BCUT2D eigenvalue weighted by atomic mass is 35.5. The molecule has 1 rings (SSSR count). The average Bonchev–Trinajstić information content (AvgIpc) is 2.23. The quantitative estimate of drug-likeness (QED) is 0.881. The summed E-state index contributed by atoms with van der Waals surface area (Å²) in [5.74, 6) is 0. The van der Waals surface area contributed by atoms with Crippen LogP contribution >= 0.6 is 11.6 Å². The van der Waals surface area contributed by atoms with Crippen molar-refractivity contribution in [2.24, 2.45) is 12.5 Å². The van der Waals surface area contributed by atoms with E-state index in [1.807, 2.05) is 14.1 Å². The Morgan fingerprint density at radius 3 is 2.67 bits per heavy atom. The minimum atomic E-state index is -0.285. The molecule has 102 valence electrons. The number of hydrogen-bond donors (Lipinski definition) is 1. The largest absolute Gasteiger partial charge is 0.382 e. The van der Waals surface area contributed by atoms with Crippen LogP contribution in [0, 0.1) is 5.41 Å². The number of hydrogen-bond acceptors (Lipinski definition) is 4. The number of nitrogens with zero attached hydrogens (tertiary/aromatic N) is 3. The summed E-state index contributed by atoms with van der Waals surface area (Å²) in [4.78, 5) is 13.7. The first kappa shape index (κ1) is 15.0. The van der Waals surface area contributed by atoms with E-state index in [1.165, 1.54) is 4.68 Å². The molecule has 0 aliphatic heterocycles. The molecule has 0 aromatic carbocycles. The van der Waals surface area contributed by atoms with E-state index in [0.29, 0.717) is 5.69 Å². The monoisotopic (exact) mass is 272 g/mol. The van der Waals surface area contributed by atoms with Gasteiger partial charge in [0, 0.05) is 20.1 Å². The molecule has 1 aromatic heterocycles. The molecule has 0 aliphatic carbocycles. The molecule has 6 heteroatoms. The van der Waals surface area contributed by atoms with Gasteiger partial charge in [-0.1, -0.05) is 25.4 Å². The number of anilines is 1. The Labute approximate surface area is 113 Å². The molecule has 0 unspecified atom stereocenters. The zero-order valence-electron chi connectivity index (χ0n) is 11.6. The van der Waals surface area contributed by atoms with E-state index in [-0.39, 0.29) is 16.0 Å². The van der Waals surface area contributed by atoms with Crippen molar-refractivity contribution >= 4 is 17.3 Å². The van der Waals surface area contributed by atoms with Crippen molar-refractivity contribution in [3.63, 3.8) is 0 Å². The molecule has 0 radical (unpaired) electrons. The third-order valence-corrected chi connectivity index (χ3v) is 2.95. The Morgan fingerprint density at radius 2 is 2.11 bits per heavy atom. The first-order chi connectivity index (χ1) is 8.23. The highest BCUT2D eigenvalue weighted by molar-refractivity contribution is 6.32. The van der Waals surface area contributed by atoms with Gasteiger partial charge in [0.1, 0.15) is 5.02 Å². The summed E-state index contributed by atoms with van der Waals surface area (Å²) in [5, 5.41) is 7.33. The standard InChI is InChI=1S/C12H21ClN4O/c1-12(2,8-16(3)4)7-14-9-6-15-17(5)11(18)10(9)13/h6,14H,7-8H2,1-5H3. The first-order valence-corrected chi connectivity index (χ1v) is 6.21. The molecule has 0 aliphatic rings. The number of aryl methyl sites for hydroxylation is 1. The summed E-state index contributed by atoms with van der Waals surface area (Å²) in [6.07, 6.45) is 1.58. The molecule has 1 N–H and O–H groups in total. The van der Waals surface area contributed by atoms with E-state index in [2.05, 4.69) is 29.2 Å². The van der Waals surface area contributed by atoms with Crippen LogP contribution in [0.2, 0.25) is 5.02 Å². The third-order valence-electron chi connectivity index (χ3n) is 2.58. The second-order valence-electron chi connectivity index (χ2n) is 5.56. The fourth-order valence-corrected chi connectivity index (χ4v) is 2.12. The summed E-state index contributed by atoms with van der Waals surface area (Å²) in [6.45, 7) is 5.97. The van der Waals surface area contributed by atoms with Gasteiger partial charge in [0.15, 0.2) is 0 Å². The Hall–Kier alpha value is -1.07. The number of nitrogens with one attached hydrogen (secondary N) is 1. The molecular weight excluding hydrogens is 252 g/mol. The fourth-order valence-electron chi connectivity index (χ4n) is 1.88. The summed E-state index contributed by atoms with van der Waals surface area (Å²) in [6, 6.07) is 0. The van der Waals surface area contributed by atoms with Crippen molar-refractivity contribution in [1.29, 1.82) is 0 Å². The van der Waals surface area contributed by atoms with Gasteiger partial charge in [-0.2, -0.15) is 5.10 Å². The van der Waals surface area contributed by atoms with Gasteiger partial charge in [-0.05, 0) is 19.5 Å². The first-order valence-electron chi connectivity index (χ1n) is 5.83. The minimum Gasteiger partial charge on any atom is -0.382 e. The normalized spacial score (nSPS) is 11.9. The lowest BCUT2D eigenvalue weighted by atomic mass is 9.93. The molecule has 0 saturated heterocycles. The van der Waals surface area contributed by atoms with E-state index >= 15 is 0 Å². The van der Waals surface area contributed by atoms with Gasteiger partial charge in [-0.3, -0.25) is 4.79 Å². The molecule has 1 aromatic rings. The van der Waals surface area contributed by atoms with Crippen LogP contribution in [0.4, 0.5) is 5.69 Å². The SMILES string of the molecule is CN(C)CC(C)(C)CNc1cnn(C)c(=O)c1Cl. The van der Waals surface area contributed by atoms with Crippen LogP contribution in [-0.4, -0.2) is 41.9 Å². The van der Waals surface area contributed by atoms with Gasteiger partial charge in [0.2, 0.25) is 0 Å². The lowest BCUT2D eigenvalue weighted by Gasteiger charge is -2.28. The highest BCUT2D eigenvalue weighted by Gasteiger charge is 2.19. The maximum atomic E-state index is 11.6. The van der Waals surface area contributed by atoms with E-state index in [9.17, 15) is 4.79 Å². The van der Waals surface area contributed by atoms with Crippen LogP contribution in [0.1, 0.15) is 13.8 Å². The molecule has 1 heterocycles. The molecular formula is C12H21ClN4O. The van der Waals surface area contributed by atoms with Crippen LogP contribution in [0.3, 0.4) is 0 Å². The van der Waals surface area contributed by atoms with Crippen LogP contribution in [-0.2, 0) is 7.05 Å². The Morgan fingerprint density at radius 1 is 1.50 bits per heavy atom. The maximum absolute atomic E-state index is 11.6. The molecule has 0 spiro atoms. The van der Waals surface area contributed by atoms with Crippen molar-refractivity contribution in [3.8, 4) is 0 Å². The van der Waals surface area contributed by atoms with Crippen LogP contribution in [0.5, 0.6) is 0 Å². The fraction of sp³-hybridized carbons (Fsp3) is 0.667. The minimum absolute atomic E-state index is 0.0773. The van der Waals surface area contributed by atoms with E-state index in [4.69, 9.17) is 11.6 Å². The topological polar surface area (TPSA) is 50.2 Å². The van der Waals surface area contributed by atoms with Crippen molar-refractivity contribution in [3.05, 3.63) is 21.6 Å². The van der Waals surface area contributed by atoms with Gasteiger partial charge in [0.05, 0.1) is 11.9 Å². The second-order valence-corrected chi connectivity index (χ2v) is 5.93. The second kappa shape index (κ2) is 5.71. The molecule has 0 atom stereocenters. The Kier molecular flexibility index (Phi) is 4.76. The molecule has 5 nitrogen and oxygen atoms in total. The summed E-state index contributed by atoms with van der Waals surface area (Å²) in [5.41, 5.74) is 0.382. The highest BCUT2D eigenvalue weighted by Crippen LogP contribution is 2.20. The van der Waals surface area contributed by atoms with Crippen LogP contribution in [0.25, 0.3) is 0 Å². The summed E-state index contributed by atoms with van der Waals surface area (Å²) >= 11 is 5.99. The maximum Gasteiger partial charge on any atom is 0.287 e. The summed E-state index contributed by atoms with van der Waals surface area (Å²) in [7, 11) is 5.65. The smallest absolute Gasteiger partial charge is 0.287 e. The zero-order valence-corrected chi connectivity index (χ0v) is 12.4. The van der Waals surface area contributed by atoms with Crippen LogP contribution < -0.4 is 10.9 Å². The predicted molar refractivity (Wildman–Crippen MR) is 75.3 cm³/mol. The van der Waals surface area contributed by atoms with Crippen molar-refractivity contribution < 1.29 is 0 Å². The Bertz CT molecular complexity index is 468. The van der Waals surface area contributed by atoms with Gasteiger partial charge < -0.3 is 10.2 Å². The number of aromatic nitrogens is 2. The molecule has 18 heavy (non-hydrogen) atoms. The van der Waals surface area contributed by atoms with Crippen LogP contribution in [0.15, 0.2) is 11.0 Å². The molecule has 0 amide bonds. The predicted octanol–water partition coefficient (Wildman–Crippen LogP) is 1.43. The molecule has 0 fully saturated rings. The lowest BCUT2D eigenvalue weighted by molar-refractivity contribution is 0.254. The van der Waals surface area contributed by atoms with Crippen molar-refractivity contribution in [1.82, 2.24) is 14.7 Å². The third kappa shape index (κ3) is 3.99. The van der Waals surface area contributed by atoms with Gasteiger partial charge in [-0.15, -0.1) is 0 Å². The average molecular weight is 273 g/mol. The number of rotatable bonds is 5. The molecule has 0 bridgehead atoms. The van der Waals surface area contributed by atoms with Gasteiger partial charge in [-0.25, -0.2) is 4.68 Å². The zero-order chi connectivity index (χ0) is 13.9. The van der Waals surface area contributed by atoms with Crippen molar-refractivity contribution in [2.75, 3.05) is 32.5 Å². The number of halogens is 1. The van der Waals surface area contributed by atoms with Gasteiger partial charge in [0.25, 0.3) is 5.56 Å².